The fraction of sp³-hybridized carbons (Fsp3) is 0.125. The van der Waals surface area contributed by atoms with Crippen LogP contribution in [0, 0.1) is 0 Å². The first-order chi connectivity index (χ1) is 11.2. The minimum Gasteiger partial charge on any atom is -0.497 e. The van der Waals surface area contributed by atoms with E-state index in [9.17, 15) is 4.79 Å². The van der Waals surface area contributed by atoms with Crippen LogP contribution in [0.15, 0.2) is 54.6 Å². The Morgan fingerprint density at radius 3 is 2.35 bits per heavy atom. The van der Waals surface area contributed by atoms with Crippen LogP contribution < -0.4 is 25.6 Å². The molecule has 0 fully saturated rings. The third-order valence-corrected chi connectivity index (χ3v) is 2.98. The van der Waals surface area contributed by atoms with E-state index < -0.39 is 0 Å². The van der Waals surface area contributed by atoms with Crippen LogP contribution in [-0.2, 0) is 4.79 Å². The van der Waals surface area contributed by atoms with E-state index in [-0.39, 0.29) is 17.6 Å². The van der Waals surface area contributed by atoms with E-state index in [2.05, 4.69) is 16.2 Å². The second-order valence-corrected chi connectivity index (χ2v) is 4.87. The summed E-state index contributed by atoms with van der Waals surface area (Å²) in [4.78, 5) is 11.7. The highest BCUT2D eigenvalue weighted by Gasteiger charge is 2.03. The number of hydrogen-bond acceptors (Lipinski definition) is 4. The monoisotopic (exact) mass is 331 g/mol. The highest BCUT2D eigenvalue weighted by Crippen LogP contribution is 2.14. The average Bonchev–Trinajstić information content (AvgIpc) is 2.60. The highest BCUT2D eigenvalue weighted by atomic mass is 32.1. The van der Waals surface area contributed by atoms with Crippen LogP contribution in [0.25, 0.3) is 0 Å². The van der Waals surface area contributed by atoms with Crippen LogP contribution in [0.1, 0.15) is 0 Å². The van der Waals surface area contributed by atoms with Crippen molar-refractivity contribution in [2.24, 2.45) is 0 Å². The van der Waals surface area contributed by atoms with Gasteiger partial charge in [-0.15, -0.1) is 0 Å². The quantitative estimate of drug-likeness (QED) is 0.576. The zero-order chi connectivity index (χ0) is 16.5. The summed E-state index contributed by atoms with van der Waals surface area (Å²) in [5.74, 6) is 1.04. The maximum Gasteiger partial charge on any atom is 0.276 e. The number of methoxy groups -OCH3 is 1. The van der Waals surface area contributed by atoms with Crippen molar-refractivity contribution in [2.45, 2.75) is 0 Å². The number of carbonyl (C=O) groups excluding carboxylic acids is 1. The van der Waals surface area contributed by atoms with E-state index in [0.717, 1.165) is 11.4 Å². The maximum absolute atomic E-state index is 11.7. The van der Waals surface area contributed by atoms with Gasteiger partial charge in [0.15, 0.2) is 11.7 Å². The van der Waals surface area contributed by atoms with E-state index in [1.54, 1.807) is 31.4 Å². The molecule has 0 heterocycles. The summed E-state index contributed by atoms with van der Waals surface area (Å²) in [6.07, 6.45) is 0. The number of thiocarbonyl (C=S) groups is 1. The third-order valence-electron chi connectivity index (χ3n) is 2.78. The fourth-order valence-electron chi connectivity index (χ4n) is 1.66. The Bertz CT molecular complexity index is 647. The standard InChI is InChI=1S/C16H17N3O3S/c1-21-13-9-7-12(8-10-13)17-16(23)19-18-15(20)11-22-14-5-3-2-4-6-14/h2-10H,11H2,1H3,(H,18,20)(H2,17,19,23). The zero-order valence-corrected chi connectivity index (χ0v) is 13.4. The molecule has 2 aromatic carbocycles. The molecule has 3 N–H and O–H groups in total. The molecule has 2 aromatic rings. The van der Waals surface area contributed by atoms with Gasteiger partial charge in [0.1, 0.15) is 11.5 Å². The second-order valence-electron chi connectivity index (χ2n) is 4.46. The molecule has 0 saturated carbocycles. The molecule has 0 bridgehead atoms. The summed E-state index contributed by atoms with van der Waals surface area (Å²) in [6, 6.07) is 16.3. The van der Waals surface area contributed by atoms with Gasteiger partial charge >= 0.3 is 0 Å². The molecule has 0 unspecified atom stereocenters. The smallest absolute Gasteiger partial charge is 0.276 e. The Balaban J connectivity index is 1.69. The molecule has 0 radical (unpaired) electrons. The predicted octanol–water partition coefficient (Wildman–Crippen LogP) is 2.09. The Hall–Kier alpha value is -2.80. The van der Waals surface area contributed by atoms with Crippen LogP contribution in [0.3, 0.4) is 0 Å². The van der Waals surface area contributed by atoms with Crippen LogP contribution in [0.5, 0.6) is 11.5 Å². The van der Waals surface area contributed by atoms with E-state index in [4.69, 9.17) is 21.7 Å². The third kappa shape index (κ3) is 5.84. The molecule has 0 spiro atoms. The van der Waals surface area contributed by atoms with Crippen molar-refractivity contribution in [1.29, 1.82) is 0 Å². The average molecular weight is 331 g/mol. The first kappa shape index (κ1) is 16.6. The lowest BCUT2D eigenvalue weighted by atomic mass is 10.3. The predicted molar refractivity (Wildman–Crippen MR) is 92.4 cm³/mol. The van der Waals surface area contributed by atoms with Crippen molar-refractivity contribution in [3.8, 4) is 11.5 Å². The van der Waals surface area contributed by atoms with E-state index in [0.29, 0.717) is 5.75 Å². The molecule has 6 nitrogen and oxygen atoms in total. The topological polar surface area (TPSA) is 71.6 Å². The Labute approximate surface area is 139 Å². The number of nitrogens with one attached hydrogen (secondary N) is 3. The van der Waals surface area contributed by atoms with Gasteiger partial charge in [-0.2, -0.15) is 0 Å². The molecule has 2 rings (SSSR count). The number of rotatable bonds is 5. The first-order valence-corrected chi connectivity index (χ1v) is 7.26. The van der Waals surface area contributed by atoms with Gasteiger partial charge in [0.25, 0.3) is 5.91 Å². The molecular formula is C16H17N3O3S. The van der Waals surface area contributed by atoms with Crippen LogP contribution >= 0.6 is 12.2 Å². The molecule has 7 heteroatoms. The molecule has 0 aliphatic carbocycles. The number of para-hydroxylation sites is 1. The molecule has 23 heavy (non-hydrogen) atoms. The highest BCUT2D eigenvalue weighted by molar-refractivity contribution is 7.80. The number of carbonyl (C=O) groups is 1. The first-order valence-electron chi connectivity index (χ1n) is 6.85. The van der Waals surface area contributed by atoms with Gasteiger partial charge < -0.3 is 14.8 Å². The van der Waals surface area contributed by atoms with Crippen molar-refractivity contribution < 1.29 is 14.3 Å². The Morgan fingerprint density at radius 2 is 1.70 bits per heavy atom. The molecule has 0 aromatic heterocycles. The van der Waals surface area contributed by atoms with Crippen molar-refractivity contribution in [3.63, 3.8) is 0 Å². The lowest BCUT2D eigenvalue weighted by Crippen LogP contribution is -2.45. The minimum atomic E-state index is -0.340. The molecule has 1 amide bonds. The van der Waals surface area contributed by atoms with Crippen LogP contribution in [0.2, 0.25) is 0 Å². The van der Waals surface area contributed by atoms with Gasteiger partial charge in [0.05, 0.1) is 7.11 Å². The lowest BCUT2D eigenvalue weighted by molar-refractivity contribution is -0.123. The molecule has 0 atom stereocenters. The minimum absolute atomic E-state index is 0.109. The van der Waals surface area contributed by atoms with Crippen molar-refractivity contribution in [1.82, 2.24) is 10.9 Å². The summed E-state index contributed by atoms with van der Waals surface area (Å²) in [5, 5.41) is 3.20. The molecular weight excluding hydrogens is 314 g/mol. The van der Waals surface area contributed by atoms with Crippen molar-refractivity contribution in [3.05, 3.63) is 54.6 Å². The van der Waals surface area contributed by atoms with Crippen LogP contribution in [-0.4, -0.2) is 24.7 Å². The number of amides is 1. The molecule has 0 aliphatic rings. The van der Waals surface area contributed by atoms with Crippen molar-refractivity contribution in [2.75, 3.05) is 19.0 Å². The number of ether oxygens (including phenoxy) is 2. The summed E-state index contributed by atoms with van der Waals surface area (Å²) < 4.78 is 10.4. The van der Waals surface area contributed by atoms with Gasteiger partial charge in [0, 0.05) is 5.69 Å². The number of benzene rings is 2. The normalized spacial score (nSPS) is 9.61. The van der Waals surface area contributed by atoms with Gasteiger partial charge in [-0.25, -0.2) is 0 Å². The largest absolute Gasteiger partial charge is 0.497 e. The molecule has 0 aliphatic heterocycles. The summed E-state index contributed by atoms with van der Waals surface area (Å²) >= 11 is 5.08. The van der Waals surface area contributed by atoms with E-state index in [1.807, 2.05) is 30.3 Å². The molecule has 0 saturated heterocycles. The Morgan fingerprint density at radius 1 is 1.00 bits per heavy atom. The summed E-state index contributed by atoms with van der Waals surface area (Å²) in [6.45, 7) is -0.109. The Kier molecular flexibility index (Phi) is 6.19. The summed E-state index contributed by atoms with van der Waals surface area (Å²) in [7, 11) is 1.60. The number of anilines is 1. The molecule has 120 valence electrons. The van der Waals surface area contributed by atoms with Gasteiger partial charge in [0.2, 0.25) is 0 Å². The SMILES string of the molecule is COc1ccc(NC(=S)NNC(=O)COc2ccccc2)cc1. The van der Waals surface area contributed by atoms with Gasteiger partial charge in [-0.3, -0.25) is 15.6 Å². The van der Waals surface area contributed by atoms with Crippen molar-refractivity contribution >= 4 is 28.9 Å². The van der Waals surface area contributed by atoms with E-state index >= 15 is 0 Å². The number of hydrogen-bond donors (Lipinski definition) is 3. The van der Waals surface area contributed by atoms with Crippen LogP contribution in [0.4, 0.5) is 5.69 Å². The van der Waals surface area contributed by atoms with Gasteiger partial charge in [-0.1, -0.05) is 18.2 Å². The maximum atomic E-state index is 11.7. The van der Waals surface area contributed by atoms with E-state index in [1.165, 1.54) is 0 Å². The summed E-state index contributed by atoms with van der Waals surface area (Å²) in [5.41, 5.74) is 5.83. The lowest BCUT2D eigenvalue weighted by Gasteiger charge is -2.12. The number of hydrazine groups is 1. The zero-order valence-electron chi connectivity index (χ0n) is 12.5. The van der Waals surface area contributed by atoms with Gasteiger partial charge in [-0.05, 0) is 48.6 Å². The second kappa shape index (κ2) is 8.60. The fourth-order valence-corrected chi connectivity index (χ4v) is 1.83.